The van der Waals surface area contributed by atoms with Crippen molar-refractivity contribution in [3.05, 3.63) is 44.3 Å². The number of aryl methyl sites for hydroxylation is 1. The number of hydrogen-bond donors (Lipinski definition) is 0. The van der Waals surface area contributed by atoms with E-state index in [9.17, 15) is 4.79 Å². The first kappa shape index (κ1) is 9.62. The summed E-state index contributed by atoms with van der Waals surface area (Å²) < 4.78 is 0. The predicted molar refractivity (Wildman–Crippen MR) is 61.4 cm³/mol. The first-order chi connectivity index (χ1) is 6.77. The Morgan fingerprint density at radius 1 is 1.36 bits per heavy atom. The molecule has 0 aliphatic rings. The molecule has 0 aromatic carbocycles. The molecule has 0 amide bonds. The van der Waals surface area contributed by atoms with Crippen molar-refractivity contribution in [1.82, 2.24) is 0 Å². The van der Waals surface area contributed by atoms with Crippen molar-refractivity contribution in [1.29, 1.82) is 0 Å². The fourth-order valence-corrected chi connectivity index (χ4v) is 2.85. The molecule has 2 heterocycles. The van der Waals surface area contributed by atoms with E-state index in [-0.39, 0.29) is 5.78 Å². The van der Waals surface area contributed by atoms with Crippen molar-refractivity contribution in [2.75, 3.05) is 0 Å². The second kappa shape index (κ2) is 4.07. The van der Waals surface area contributed by atoms with Crippen LogP contribution >= 0.6 is 22.7 Å². The van der Waals surface area contributed by atoms with Crippen LogP contribution in [0.3, 0.4) is 0 Å². The Morgan fingerprint density at radius 2 is 2.21 bits per heavy atom. The van der Waals surface area contributed by atoms with E-state index in [0.29, 0.717) is 6.42 Å². The Bertz CT molecular complexity index is 426. The monoisotopic (exact) mass is 222 g/mol. The topological polar surface area (TPSA) is 17.1 Å². The summed E-state index contributed by atoms with van der Waals surface area (Å²) in [7, 11) is 0. The zero-order chi connectivity index (χ0) is 9.97. The molecule has 3 heteroatoms. The van der Waals surface area contributed by atoms with E-state index in [1.54, 1.807) is 11.3 Å². The Balaban J connectivity index is 2.14. The lowest BCUT2D eigenvalue weighted by atomic mass is 10.1. The van der Waals surface area contributed by atoms with Crippen LogP contribution in [-0.4, -0.2) is 5.78 Å². The molecule has 14 heavy (non-hydrogen) atoms. The fourth-order valence-electron chi connectivity index (χ4n) is 1.32. The van der Waals surface area contributed by atoms with E-state index in [0.717, 1.165) is 16.0 Å². The summed E-state index contributed by atoms with van der Waals surface area (Å²) in [5.41, 5.74) is 2.21. The van der Waals surface area contributed by atoms with Crippen LogP contribution in [0.5, 0.6) is 0 Å². The van der Waals surface area contributed by atoms with Gasteiger partial charge in [-0.25, -0.2) is 0 Å². The van der Waals surface area contributed by atoms with Crippen LogP contribution in [0.1, 0.15) is 20.8 Å². The normalized spacial score (nSPS) is 10.4. The van der Waals surface area contributed by atoms with Crippen molar-refractivity contribution in [2.45, 2.75) is 13.3 Å². The molecule has 0 atom stereocenters. The van der Waals surface area contributed by atoms with Gasteiger partial charge in [-0.1, -0.05) is 0 Å². The minimum atomic E-state index is 0.232. The van der Waals surface area contributed by atoms with Gasteiger partial charge in [-0.3, -0.25) is 4.79 Å². The molecule has 0 bridgehead atoms. The first-order valence-electron chi connectivity index (χ1n) is 4.36. The van der Waals surface area contributed by atoms with Gasteiger partial charge >= 0.3 is 0 Å². The maximum atomic E-state index is 11.8. The molecule has 0 saturated carbocycles. The van der Waals surface area contributed by atoms with E-state index >= 15 is 0 Å². The van der Waals surface area contributed by atoms with E-state index < -0.39 is 0 Å². The summed E-state index contributed by atoms with van der Waals surface area (Å²) in [6, 6.07) is 4.00. The highest BCUT2D eigenvalue weighted by atomic mass is 32.1. The van der Waals surface area contributed by atoms with Crippen LogP contribution in [0.4, 0.5) is 0 Å². The number of carbonyl (C=O) groups excluding carboxylic acids is 1. The Morgan fingerprint density at radius 3 is 2.79 bits per heavy atom. The molecule has 0 radical (unpaired) electrons. The largest absolute Gasteiger partial charge is 0.293 e. The molecule has 0 N–H and O–H groups in total. The Kier molecular flexibility index (Phi) is 2.79. The van der Waals surface area contributed by atoms with Crippen LogP contribution in [0, 0.1) is 6.92 Å². The van der Waals surface area contributed by atoms with Gasteiger partial charge in [0.2, 0.25) is 0 Å². The Labute approximate surface area is 91.0 Å². The van der Waals surface area contributed by atoms with Gasteiger partial charge in [-0.15, -0.1) is 11.3 Å². The quantitative estimate of drug-likeness (QED) is 0.726. The molecule has 0 spiro atoms. The molecule has 2 rings (SSSR count). The molecule has 0 unspecified atom stereocenters. The molecule has 0 aliphatic carbocycles. The van der Waals surface area contributed by atoms with Crippen molar-refractivity contribution in [2.24, 2.45) is 0 Å². The molecule has 0 fully saturated rings. The highest BCUT2D eigenvalue weighted by molar-refractivity contribution is 7.12. The van der Waals surface area contributed by atoms with Crippen LogP contribution < -0.4 is 0 Å². The minimum absolute atomic E-state index is 0.232. The van der Waals surface area contributed by atoms with Gasteiger partial charge in [0.25, 0.3) is 0 Å². The zero-order valence-electron chi connectivity index (χ0n) is 7.82. The summed E-state index contributed by atoms with van der Waals surface area (Å²) in [5, 5.41) is 6.00. The van der Waals surface area contributed by atoms with Gasteiger partial charge in [0.05, 0.1) is 4.88 Å². The van der Waals surface area contributed by atoms with Crippen LogP contribution in [-0.2, 0) is 6.42 Å². The molecule has 72 valence electrons. The highest BCUT2D eigenvalue weighted by Crippen LogP contribution is 2.18. The Hall–Kier alpha value is -0.930. The minimum Gasteiger partial charge on any atom is -0.293 e. The van der Waals surface area contributed by atoms with Crippen molar-refractivity contribution in [3.8, 4) is 0 Å². The number of hydrogen-bond acceptors (Lipinski definition) is 3. The number of carbonyl (C=O) groups is 1. The van der Waals surface area contributed by atoms with Crippen LogP contribution in [0.2, 0.25) is 0 Å². The molecule has 0 aliphatic heterocycles. The zero-order valence-corrected chi connectivity index (χ0v) is 9.45. The van der Waals surface area contributed by atoms with Crippen LogP contribution in [0.15, 0.2) is 28.3 Å². The van der Waals surface area contributed by atoms with Crippen molar-refractivity contribution < 1.29 is 4.79 Å². The highest BCUT2D eigenvalue weighted by Gasteiger charge is 2.10. The smallest absolute Gasteiger partial charge is 0.177 e. The maximum absolute atomic E-state index is 11.8. The fraction of sp³-hybridized carbons (Fsp3) is 0.182. The average Bonchev–Trinajstić information content (AvgIpc) is 2.75. The van der Waals surface area contributed by atoms with Crippen molar-refractivity contribution >= 4 is 28.5 Å². The second-order valence-corrected chi connectivity index (χ2v) is 4.86. The van der Waals surface area contributed by atoms with E-state index in [2.05, 4.69) is 0 Å². The van der Waals surface area contributed by atoms with Gasteiger partial charge in [-0.05, 0) is 46.3 Å². The third-order valence-corrected chi connectivity index (χ3v) is 3.85. The maximum Gasteiger partial charge on any atom is 0.177 e. The second-order valence-electron chi connectivity index (χ2n) is 3.16. The molecule has 2 aromatic rings. The lowest BCUT2D eigenvalue weighted by molar-refractivity contribution is 0.0996. The molecular formula is C11H10OS2. The van der Waals surface area contributed by atoms with Crippen molar-refractivity contribution in [3.63, 3.8) is 0 Å². The van der Waals surface area contributed by atoms with Gasteiger partial charge in [-0.2, -0.15) is 11.3 Å². The lowest BCUT2D eigenvalue weighted by Crippen LogP contribution is -2.01. The van der Waals surface area contributed by atoms with Gasteiger partial charge in [0.15, 0.2) is 5.78 Å². The molecule has 1 nitrogen and oxygen atoms in total. The summed E-state index contributed by atoms with van der Waals surface area (Å²) in [4.78, 5) is 12.7. The van der Waals surface area contributed by atoms with E-state index in [4.69, 9.17) is 0 Å². The van der Waals surface area contributed by atoms with E-state index in [1.807, 2.05) is 35.2 Å². The lowest BCUT2D eigenvalue weighted by Gasteiger charge is -1.96. The van der Waals surface area contributed by atoms with E-state index in [1.165, 1.54) is 11.3 Å². The molecule has 2 aromatic heterocycles. The van der Waals surface area contributed by atoms with Crippen LogP contribution in [0.25, 0.3) is 0 Å². The summed E-state index contributed by atoms with van der Waals surface area (Å²) in [6.07, 6.45) is 0.533. The number of rotatable bonds is 3. The SMILES string of the molecule is Cc1ccsc1C(=O)Cc1ccsc1. The summed E-state index contributed by atoms with van der Waals surface area (Å²) >= 11 is 3.17. The van der Waals surface area contributed by atoms with Gasteiger partial charge < -0.3 is 0 Å². The third-order valence-electron chi connectivity index (χ3n) is 2.06. The number of thiophene rings is 2. The molecular weight excluding hydrogens is 212 g/mol. The first-order valence-corrected chi connectivity index (χ1v) is 6.18. The van der Waals surface area contributed by atoms with Gasteiger partial charge in [0, 0.05) is 6.42 Å². The number of ketones is 1. The summed E-state index contributed by atoms with van der Waals surface area (Å²) in [6.45, 7) is 1.98. The summed E-state index contributed by atoms with van der Waals surface area (Å²) in [5.74, 6) is 0.232. The predicted octanol–water partition coefficient (Wildman–Crippen LogP) is 3.54. The third kappa shape index (κ3) is 1.94. The number of Topliss-reactive ketones (excluding diaryl/α,β-unsaturated/α-hetero) is 1. The molecule has 0 saturated heterocycles. The standard InChI is InChI=1S/C11H10OS2/c1-8-2-5-14-11(8)10(12)6-9-3-4-13-7-9/h2-5,7H,6H2,1H3. The average molecular weight is 222 g/mol. The van der Waals surface area contributed by atoms with Gasteiger partial charge in [0.1, 0.15) is 0 Å².